The highest BCUT2D eigenvalue weighted by Gasteiger charge is 2.08. The molecule has 2 nitrogen and oxygen atoms in total. The normalized spacial score (nSPS) is 12.7. The van der Waals surface area contributed by atoms with Gasteiger partial charge in [0.2, 0.25) is 0 Å². The Balaban J connectivity index is 1.89. The molecule has 3 rings (SSSR count). The minimum atomic E-state index is 0.0371. The summed E-state index contributed by atoms with van der Waals surface area (Å²) in [4.78, 5) is 5.31. The minimum Gasteiger partial charge on any atom is -0.324 e. The fraction of sp³-hybridized carbons (Fsp3) is 0.133. The van der Waals surface area contributed by atoms with Gasteiger partial charge in [0, 0.05) is 23.5 Å². The molecule has 0 aliphatic carbocycles. The minimum absolute atomic E-state index is 0.0371. The number of nitrogens with two attached hydrogens (primary N) is 1. The topological polar surface area (TPSA) is 38.9 Å². The first-order valence-electron chi connectivity index (χ1n) is 5.94. The number of fused-ring (bicyclic) bond motifs is 1. The first kappa shape index (κ1) is 11.4. The van der Waals surface area contributed by atoms with Crippen molar-refractivity contribution in [3.8, 4) is 0 Å². The number of thiazole rings is 1. The number of nitrogens with zero attached hydrogens (tertiary/aromatic N) is 1. The Kier molecular flexibility index (Phi) is 3.09. The second-order valence-corrected chi connectivity index (χ2v) is 5.36. The van der Waals surface area contributed by atoms with Crippen molar-refractivity contribution < 1.29 is 0 Å². The summed E-state index contributed by atoms with van der Waals surface area (Å²) in [5.41, 5.74) is 9.29. The third-order valence-electron chi connectivity index (χ3n) is 3.11. The Labute approximate surface area is 110 Å². The Bertz CT molecular complexity index is 646. The highest BCUT2D eigenvalue weighted by molar-refractivity contribution is 7.09. The van der Waals surface area contributed by atoms with Crippen LogP contribution in [-0.2, 0) is 6.42 Å². The van der Waals surface area contributed by atoms with Gasteiger partial charge < -0.3 is 5.73 Å². The zero-order valence-electron chi connectivity index (χ0n) is 9.91. The molecule has 1 atom stereocenters. The van der Waals surface area contributed by atoms with Crippen LogP contribution in [-0.4, -0.2) is 4.98 Å². The fourth-order valence-electron chi connectivity index (χ4n) is 2.12. The zero-order valence-corrected chi connectivity index (χ0v) is 10.7. The first-order valence-corrected chi connectivity index (χ1v) is 6.82. The monoisotopic (exact) mass is 254 g/mol. The number of hydrogen-bond donors (Lipinski definition) is 1. The van der Waals surface area contributed by atoms with Crippen LogP contribution in [0.2, 0.25) is 0 Å². The molecule has 0 saturated heterocycles. The molecule has 0 aliphatic heterocycles. The van der Waals surface area contributed by atoms with Crippen LogP contribution in [0.15, 0.2) is 54.2 Å². The summed E-state index contributed by atoms with van der Waals surface area (Å²) >= 11 is 1.66. The fourth-order valence-corrected chi connectivity index (χ4v) is 2.77. The molecule has 90 valence electrons. The van der Waals surface area contributed by atoms with E-state index in [2.05, 4.69) is 47.4 Å². The van der Waals surface area contributed by atoms with E-state index >= 15 is 0 Å². The summed E-state index contributed by atoms with van der Waals surface area (Å²) in [5.74, 6) is 0. The van der Waals surface area contributed by atoms with Crippen LogP contribution in [0.3, 0.4) is 0 Å². The lowest BCUT2D eigenvalue weighted by Crippen LogP contribution is -2.12. The molecular weight excluding hydrogens is 240 g/mol. The molecule has 3 heteroatoms. The van der Waals surface area contributed by atoms with Crippen molar-refractivity contribution in [2.24, 2.45) is 5.73 Å². The van der Waals surface area contributed by atoms with Crippen molar-refractivity contribution in [2.45, 2.75) is 12.5 Å². The molecule has 1 unspecified atom stereocenters. The van der Waals surface area contributed by atoms with Crippen molar-refractivity contribution in [1.29, 1.82) is 0 Å². The van der Waals surface area contributed by atoms with Crippen molar-refractivity contribution >= 4 is 22.1 Å². The molecule has 18 heavy (non-hydrogen) atoms. The van der Waals surface area contributed by atoms with Gasteiger partial charge in [-0.25, -0.2) is 0 Å². The van der Waals surface area contributed by atoms with Gasteiger partial charge in [0.15, 0.2) is 0 Å². The lowest BCUT2D eigenvalue weighted by atomic mass is 10.0. The molecule has 0 radical (unpaired) electrons. The molecule has 2 N–H and O–H groups in total. The van der Waals surface area contributed by atoms with Crippen molar-refractivity contribution in [1.82, 2.24) is 4.98 Å². The lowest BCUT2D eigenvalue weighted by Gasteiger charge is -2.11. The van der Waals surface area contributed by atoms with E-state index < -0.39 is 0 Å². The van der Waals surface area contributed by atoms with E-state index in [-0.39, 0.29) is 6.04 Å². The van der Waals surface area contributed by atoms with Crippen LogP contribution in [0.25, 0.3) is 10.8 Å². The first-order chi connectivity index (χ1) is 8.83. The van der Waals surface area contributed by atoms with E-state index in [1.54, 1.807) is 11.3 Å². The van der Waals surface area contributed by atoms with Gasteiger partial charge in [-0.2, -0.15) is 0 Å². The van der Waals surface area contributed by atoms with Gasteiger partial charge in [-0.1, -0.05) is 36.4 Å². The zero-order chi connectivity index (χ0) is 12.4. The molecule has 1 aromatic heterocycles. The summed E-state index contributed by atoms with van der Waals surface area (Å²) < 4.78 is 0. The van der Waals surface area contributed by atoms with E-state index in [1.807, 2.05) is 11.7 Å². The van der Waals surface area contributed by atoms with Crippen LogP contribution < -0.4 is 5.73 Å². The van der Waals surface area contributed by atoms with E-state index in [1.165, 1.54) is 21.2 Å². The second kappa shape index (κ2) is 4.88. The highest BCUT2D eigenvalue weighted by Crippen LogP contribution is 2.22. The van der Waals surface area contributed by atoms with E-state index in [9.17, 15) is 0 Å². The summed E-state index contributed by atoms with van der Waals surface area (Å²) in [6.45, 7) is 0. The Morgan fingerprint density at radius 1 is 1.11 bits per heavy atom. The van der Waals surface area contributed by atoms with Gasteiger partial charge in [0.1, 0.15) is 0 Å². The Morgan fingerprint density at radius 3 is 2.72 bits per heavy atom. The predicted molar refractivity (Wildman–Crippen MR) is 76.7 cm³/mol. The van der Waals surface area contributed by atoms with Crippen LogP contribution in [0.5, 0.6) is 0 Å². The van der Waals surface area contributed by atoms with Crippen molar-refractivity contribution in [3.63, 3.8) is 0 Å². The van der Waals surface area contributed by atoms with Gasteiger partial charge in [-0.3, -0.25) is 4.98 Å². The maximum absolute atomic E-state index is 6.26. The summed E-state index contributed by atoms with van der Waals surface area (Å²) in [6.07, 6.45) is 2.74. The SMILES string of the molecule is NC(Cc1cncs1)c1ccc2ccccc2c1. The van der Waals surface area contributed by atoms with Gasteiger partial charge >= 0.3 is 0 Å². The molecule has 1 heterocycles. The van der Waals surface area contributed by atoms with E-state index in [4.69, 9.17) is 5.73 Å². The van der Waals surface area contributed by atoms with Gasteiger partial charge in [0.25, 0.3) is 0 Å². The third kappa shape index (κ3) is 2.28. The van der Waals surface area contributed by atoms with Crippen LogP contribution >= 0.6 is 11.3 Å². The smallest absolute Gasteiger partial charge is 0.0794 e. The highest BCUT2D eigenvalue weighted by atomic mass is 32.1. The summed E-state index contributed by atoms with van der Waals surface area (Å²) in [7, 11) is 0. The van der Waals surface area contributed by atoms with Gasteiger partial charge in [-0.15, -0.1) is 11.3 Å². The Hall–Kier alpha value is -1.71. The van der Waals surface area contributed by atoms with Crippen LogP contribution in [0.1, 0.15) is 16.5 Å². The van der Waals surface area contributed by atoms with E-state index in [0.29, 0.717) is 0 Å². The molecular formula is C15H14N2S. The Morgan fingerprint density at radius 2 is 1.94 bits per heavy atom. The molecule has 0 bridgehead atoms. The van der Waals surface area contributed by atoms with Crippen molar-refractivity contribution in [2.75, 3.05) is 0 Å². The molecule has 0 aliphatic rings. The van der Waals surface area contributed by atoms with Gasteiger partial charge in [0.05, 0.1) is 5.51 Å². The van der Waals surface area contributed by atoms with E-state index in [0.717, 1.165) is 6.42 Å². The summed E-state index contributed by atoms with van der Waals surface area (Å²) in [6, 6.07) is 14.8. The molecule has 2 aromatic carbocycles. The summed E-state index contributed by atoms with van der Waals surface area (Å²) in [5, 5.41) is 2.50. The average Bonchev–Trinajstić information content (AvgIpc) is 2.91. The third-order valence-corrected chi connectivity index (χ3v) is 3.91. The average molecular weight is 254 g/mol. The van der Waals surface area contributed by atoms with Crippen LogP contribution in [0.4, 0.5) is 0 Å². The molecule has 0 fully saturated rings. The lowest BCUT2D eigenvalue weighted by molar-refractivity contribution is 0.730. The van der Waals surface area contributed by atoms with Crippen LogP contribution in [0, 0.1) is 0 Å². The van der Waals surface area contributed by atoms with Gasteiger partial charge in [-0.05, 0) is 22.4 Å². The number of aromatic nitrogens is 1. The maximum atomic E-state index is 6.26. The second-order valence-electron chi connectivity index (χ2n) is 4.38. The predicted octanol–water partition coefficient (Wildman–Crippen LogP) is 3.54. The molecule has 0 amide bonds. The quantitative estimate of drug-likeness (QED) is 0.776. The maximum Gasteiger partial charge on any atom is 0.0794 e. The molecule has 0 spiro atoms. The molecule has 3 aromatic rings. The standard InChI is InChI=1S/C15H14N2S/c16-15(8-14-9-17-10-18-14)13-6-5-11-3-1-2-4-12(11)7-13/h1-7,9-10,15H,8,16H2. The number of rotatable bonds is 3. The number of benzene rings is 2. The largest absolute Gasteiger partial charge is 0.324 e. The number of hydrogen-bond acceptors (Lipinski definition) is 3. The molecule has 0 saturated carbocycles. The van der Waals surface area contributed by atoms with Crippen molar-refractivity contribution in [3.05, 3.63) is 64.6 Å².